The van der Waals surface area contributed by atoms with Crippen LogP contribution in [0.15, 0.2) is 35.5 Å². The third kappa shape index (κ3) is 4.30. The summed E-state index contributed by atoms with van der Waals surface area (Å²) in [7, 11) is -3.47. The van der Waals surface area contributed by atoms with Crippen molar-refractivity contribution in [2.75, 3.05) is 26.0 Å². The zero-order valence-electron chi connectivity index (χ0n) is 16.3. The topological polar surface area (TPSA) is 102 Å². The maximum Gasteiger partial charge on any atom is 0.251 e. The number of carbonyl (C=O) groups excluding carboxylic acids is 1. The smallest absolute Gasteiger partial charge is 0.251 e. The summed E-state index contributed by atoms with van der Waals surface area (Å²) >= 11 is 0. The molecule has 1 unspecified atom stereocenters. The summed E-state index contributed by atoms with van der Waals surface area (Å²) in [6.07, 6.45) is 6.88. The molecule has 4 heterocycles. The second-order valence-electron chi connectivity index (χ2n) is 7.53. The van der Waals surface area contributed by atoms with Crippen LogP contribution in [-0.2, 0) is 19.4 Å². The molecule has 29 heavy (non-hydrogen) atoms. The highest BCUT2D eigenvalue weighted by Crippen LogP contribution is 2.32. The first-order valence-corrected chi connectivity index (χ1v) is 11.7. The van der Waals surface area contributed by atoms with Gasteiger partial charge in [0.1, 0.15) is 16.7 Å². The molecule has 0 aromatic carbocycles. The molecule has 0 spiro atoms. The maximum absolute atomic E-state index is 12.6. The lowest BCUT2D eigenvalue weighted by atomic mass is 9.92. The highest BCUT2D eigenvalue weighted by molar-refractivity contribution is 7.90. The quantitative estimate of drug-likeness (QED) is 0.749. The zero-order valence-corrected chi connectivity index (χ0v) is 17.1. The fourth-order valence-electron chi connectivity index (χ4n) is 3.93. The monoisotopic (exact) mass is 416 g/mol. The number of aromatic nitrogens is 3. The van der Waals surface area contributed by atoms with Crippen LogP contribution in [0.1, 0.15) is 37.3 Å². The standard InChI is InChI=1S/C20H24N4O4S/c1-29(26,27)17-13-22-19(15-5-2-3-9-21-15)23-18(17)14-7-10-24(11-8-14)20(25)16-6-4-12-28-16/h2-3,5,9,13-14,16H,4,6-8,10-12H2,1H3. The molecule has 2 aromatic heterocycles. The van der Waals surface area contributed by atoms with Crippen molar-refractivity contribution in [2.24, 2.45) is 0 Å². The second-order valence-corrected chi connectivity index (χ2v) is 9.52. The molecule has 8 nitrogen and oxygen atoms in total. The Kier molecular flexibility index (Phi) is 5.60. The first kappa shape index (κ1) is 19.9. The molecule has 2 aliphatic rings. The van der Waals surface area contributed by atoms with Crippen LogP contribution in [0, 0.1) is 0 Å². The predicted octanol–water partition coefficient (Wildman–Crippen LogP) is 1.83. The number of pyridine rings is 1. The highest BCUT2D eigenvalue weighted by Gasteiger charge is 2.33. The number of nitrogens with zero attached hydrogens (tertiary/aromatic N) is 4. The van der Waals surface area contributed by atoms with Crippen molar-refractivity contribution in [3.05, 3.63) is 36.3 Å². The number of ether oxygens (including phenoxy) is 1. The number of likely N-dealkylation sites (tertiary alicyclic amines) is 1. The Balaban J connectivity index is 1.58. The van der Waals surface area contributed by atoms with Gasteiger partial charge in [-0.25, -0.2) is 18.4 Å². The number of hydrogen-bond acceptors (Lipinski definition) is 7. The normalized spacial score (nSPS) is 20.7. The molecule has 9 heteroatoms. The number of sulfone groups is 1. The third-order valence-corrected chi connectivity index (χ3v) is 6.59. The first-order valence-electron chi connectivity index (χ1n) is 9.82. The van der Waals surface area contributed by atoms with Crippen LogP contribution < -0.4 is 0 Å². The van der Waals surface area contributed by atoms with E-state index >= 15 is 0 Å². The Bertz CT molecular complexity index is 983. The van der Waals surface area contributed by atoms with Crippen molar-refractivity contribution in [3.63, 3.8) is 0 Å². The molecule has 0 saturated carbocycles. The molecule has 2 aromatic rings. The van der Waals surface area contributed by atoms with Crippen LogP contribution in [0.2, 0.25) is 0 Å². The van der Waals surface area contributed by atoms with Crippen LogP contribution in [0.25, 0.3) is 11.5 Å². The SMILES string of the molecule is CS(=O)(=O)c1cnc(-c2ccccn2)nc1C1CCN(C(=O)C2CCCO2)CC1. The van der Waals surface area contributed by atoms with E-state index in [-0.39, 0.29) is 22.8 Å². The third-order valence-electron chi connectivity index (χ3n) is 5.47. The molecule has 2 fully saturated rings. The van der Waals surface area contributed by atoms with Crippen molar-refractivity contribution >= 4 is 15.7 Å². The fourth-order valence-corrected chi connectivity index (χ4v) is 4.77. The molecule has 0 radical (unpaired) electrons. The molecular weight excluding hydrogens is 392 g/mol. The van der Waals surface area contributed by atoms with Crippen LogP contribution in [0.4, 0.5) is 0 Å². The van der Waals surface area contributed by atoms with Crippen LogP contribution >= 0.6 is 0 Å². The van der Waals surface area contributed by atoms with Crippen LogP contribution in [0.3, 0.4) is 0 Å². The first-order chi connectivity index (χ1) is 13.9. The lowest BCUT2D eigenvalue weighted by Crippen LogP contribution is -2.43. The van der Waals surface area contributed by atoms with Crippen LogP contribution in [0.5, 0.6) is 0 Å². The van der Waals surface area contributed by atoms with E-state index in [0.717, 1.165) is 12.8 Å². The molecule has 0 bridgehead atoms. The molecule has 2 aliphatic heterocycles. The number of amides is 1. The molecular formula is C20H24N4O4S. The number of hydrogen-bond donors (Lipinski definition) is 0. The van der Waals surface area contributed by atoms with E-state index in [9.17, 15) is 13.2 Å². The Hall–Kier alpha value is -2.39. The van der Waals surface area contributed by atoms with Gasteiger partial charge in [0.05, 0.1) is 5.69 Å². The van der Waals surface area contributed by atoms with Crippen molar-refractivity contribution < 1.29 is 17.9 Å². The Labute approximate surface area is 170 Å². The van der Waals surface area contributed by atoms with E-state index in [2.05, 4.69) is 15.0 Å². The Morgan fingerprint density at radius 3 is 2.59 bits per heavy atom. The van der Waals surface area contributed by atoms with E-state index in [4.69, 9.17) is 4.74 Å². The zero-order chi connectivity index (χ0) is 20.4. The van der Waals surface area contributed by atoms with E-state index in [0.29, 0.717) is 49.8 Å². The van der Waals surface area contributed by atoms with E-state index < -0.39 is 9.84 Å². The summed E-state index contributed by atoms with van der Waals surface area (Å²) in [5.41, 5.74) is 1.12. The number of rotatable bonds is 4. The van der Waals surface area contributed by atoms with Gasteiger partial charge < -0.3 is 9.64 Å². The lowest BCUT2D eigenvalue weighted by Gasteiger charge is -2.33. The molecule has 0 aliphatic carbocycles. The Morgan fingerprint density at radius 1 is 1.17 bits per heavy atom. The van der Waals surface area contributed by atoms with Gasteiger partial charge in [0.25, 0.3) is 5.91 Å². The average molecular weight is 417 g/mol. The van der Waals surface area contributed by atoms with Gasteiger partial charge in [0.2, 0.25) is 0 Å². The van der Waals surface area contributed by atoms with Gasteiger partial charge in [0.15, 0.2) is 15.7 Å². The molecule has 1 atom stereocenters. The second kappa shape index (κ2) is 8.16. The highest BCUT2D eigenvalue weighted by atomic mass is 32.2. The van der Waals surface area contributed by atoms with Gasteiger partial charge in [0, 0.05) is 44.3 Å². The van der Waals surface area contributed by atoms with E-state index in [1.54, 1.807) is 18.3 Å². The van der Waals surface area contributed by atoms with Gasteiger partial charge in [-0.1, -0.05) is 6.07 Å². The van der Waals surface area contributed by atoms with Crippen molar-refractivity contribution in [3.8, 4) is 11.5 Å². The van der Waals surface area contributed by atoms with Crippen molar-refractivity contribution in [2.45, 2.75) is 42.6 Å². The maximum atomic E-state index is 12.6. The summed E-state index contributed by atoms with van der Waals surface area (Å²) in [4.78, 5) is 27.7. The Morgan fingerprint density at radius 2 is 1.97 bits per heavy atom. The molecule has 2 saturated heterocycles. The van der Waals surface area contributed by atoms with Gasteiger partial charge in [-0.2, -0.15) is 0 Å². The van der Waals surface area contributed by atoms with Gasteiger partial charge in [-0.3, -0.25) is 9.78 Å². The van der Waals surface area contributed by atoms with Crippen molar-refractivity contribution in [1.29, 1.82) is 0 Å². The van der Waals surface area contributed by atoms with E-state index in [1.807, 2.05) is 11.0 Å². The predicted molar refractivity (Wildman–Crippen MR) is 106 cm³/mol. The molecule has 154 valence electrons. The summed E-state index contributed by atoms with van der Waals surface area (Å²) < 4.78 is 30.1. The fraction of sp³-hybridized carbons (Fsp3) is 0.500. The minimum atomic E-state index is -3.47. The number of carbonyl (C=O) groups is 1. The summed E-state index contributed by atoms with van der Waals surface area (Å²) in [5, 5.41) is 0. The molecule has 0 N–H and O–H groups in total. The van der Waals surface area contributed by atoms with Crippen LogP contribution in [-0.4, -0.2) is 66.2 Å². The van der Waals surface area contributed by atoms with Gasteiger partial charge in [-0.15, -0.1) is 0 Å². The summed E-state index contributed by atoms with van der Waals surface area (Å²) in [6, 6.07) is 5.43. The van der Waals surface area contributed by atoms with E-state index in [1.165, 1.54) is 12.5 Å². The van der Waals surface area contributed by atoms with Crippen molar-refractivity contribution in [1.82, 2.24) is 19.9 Å². The molecule has 1 amide bonds. The summed E-state index contributed by atoms with van der Waals surface area (Å²) in [5.74, 6) is 0.394. The molecule has 4 rings (SSSR count). The minimum Gasteiger partial charge on any atom is -0.368 e. The average Bonchev–Trinajstić information content (AvgIpc) is 3.28. The van der Waals surface area contributed by atoms with Gasteiger partial charge >= 0.3 is 0 Å². The summed E-state index contributed by atoms with van der Waals surface area (Å²) in [6.45, 7) is 1.77. The largest absolute Gasteiger partial charge is 0.368 e. The minimum absolute atomic E-state index is 0.0427. The number of piperidine rings is 1. The lowest BCUT2D eigenvalue weighted by molar-refractivity contribution is -0.142. The van der Waals surface area contributed by atoms with Gasteiger partial charge in [-0.05, 0) is 37.8 Å².